The van der Waals surface area contributed by atoms with Gasteiger partial charge in [0.2, 0.25) is 5.66 Å². The van der Waals surface area contributed by atoms with E-state index in [1.807, 2.05) is 37.3 Å². The predicted molar refractivity (Wildman–Crippen MR) is 113 cm³/mol. The lowest BCUT2D eigenvalue weighted by molar-refractivity contribution is -0.623. The van der Waals surface area contributed by atoms with Gasteiger partial charge in [0, 0.05) is 0 Å². The van der Waals surface area contributed by atoms with Crippen molar-refractivity contribution in [2.45, 2.75) is 43.0 Å². The van der Waals surface area contributed by atoms with Crippen molar-refractivity contribution in [1.82, 2.24) is 10.6 Å². The fourth-order valence-electron chi connectivity index (χ4n) is 5.02. The van der Waals surface area contributed by atoms with Gasteiger partial charge in [0.15, 0.2) is 12.1 Å². The Bertz CT molecular complexity index is 1140. The molecule has 2 aromatic rings. The molecular weight excluding hydrogens is 400 g/mol. The number of nitrogens with two attached hydrogens (primary N) is 2. The van der Waals surface area contributed by atoms with Crippen LogP contribution >= 0.6 is 0 Å². The topological polar surface area (TPSA) is 158 Å². The van der Waals surface area contributed by atoms with E-state index < -0.39 is 29.6 Å². The predicted octanol–water partition coefficient (Wildman–Crippen LogP) is -1.25. The summed E-state index contributed by atoms with van der Waals surface area (Å²) in [6, 6.07) is 11.8. The molecule has 1 spiro atoms. The minimum atomic E-state index is -2.51. The number of hydrogen-bond donors (Lipinski definition) is 6. The molecule has 4 atom stereocenters. The zero-order valence-corrected chi connectivity index (χ0v) is 16.9. The van der Waals surface area contributed by atoms with Crippen molar-refractivity contribution in [2.75, 3.05) is 6.54 Å². The van der Waals surface area contributed by atoms with Crippen molar-refractivity contribution < 1.29 is 24.3 Å². The van der Waals surface area contributed by atoms with E-state index in [-0.39, 0.29) is 24.5 Å². The summed E-state index contributed by atoms with van der Waals surface area (Å²) < 4.78 is 7.20. The number of ether oxygens (including phenoxy) is 1. The Balaban J connectivity index is 1.53. The van der Waals surface area contributed by atoms with Crippen LogP contribution in [0.3, 0.4) is 0 Å². The zero-order valence-electron chi connectivity index (χ0n) is 16.9. The molecule has 1 saturated heterocycles. The number of hydrogen-bond acceptors (Lipinski definition) is 9. The number of esters is 1. The van der Waals surface area contributed by atoms with Gasteiger partial charge in [-0.2, -0.15) is 0 Å². The highest BCUT2D eigenvalue weighted by Gasteiger charge is 2.75. The first-order valence-corrected chi connectivity index (χ1v) is 10.2. The van der Waals surface area contributed by atoms with Gasteiger partial charge in [0.05, 0.1) is 5.56 Å². The maximum Gasteiger partial charge on any atom is 0.346 e. The van der Waals surface area contributed by atoms with E-state index >= 15 is 0 Å². The highest BCUT2D eigenvalue weighted by Crippen LogP contribution is 2.43. The molecule has 0 aliphatic carbocycles. The summed E-state index contributed by atoms with van der Waals surface area (Å²) in [4.78, 5) is 17.5. The highest BCUT2D eigenvalue weighted by atomic mass is 16.6. The third kappa shape index (κ3) is 2.55. The van der Waals surface area contributed by atoms with Crippen LogP contribution < -0.4 is 22.1 Å². The molecule has 0 bridgehead atoms. The van der Waals surface area contributed by atoms with Crippen molar-refractivity contribution in [1.29, 1.82) is 0 Å². The molecule has 10 heteroatoms. The maximum absolute atomic E-state index is 13.1. The molecule has 0 amide bonds. The number of carbonyl (C=O) groups excluding carboxylic acids is 1. The van der Waals surface area contributed by atoms with Gasteiger partial charge >= 0.3 is 11.9 Å². The molecule has 0 radical (unpaired) electrons. The molecular formula is C21H25N6O4+. The summed E-state index contributed by atoms with van der Waals surface area (Å²) >= 11 is 0. The van der Waals surface area contributed by atoms with Crippen LogP contribution in [-0.4, -0.2) is 68.9 Å². The number of carbonyl (C=O) groups is 1. The zero-order chi connectivity index (χ0) is 22.0. The summed E-state index contributed by atoms with van der Waals surface area (Å²) in [5.41, 5.74) is 10.9. The number of aliphatic hydroxyl groups is 2. The van der Waals surface area contributed by atoms with Crippen molar-refractivity contribution in [3.05, 3.63) is 48.0 Å². The minimum Gasteiger partial charge on any atom is -0.449 e. The molecule has 2 aromatic carbocycles. The van der Waals surface area contributed by atoms with E-state index in [1.54, 1.807) is 12.1 Å². The molecule has 1 fully saturated rings. The van der Waals surface area contributed by atoms with Crippen LogP contribution in [0.4, 0.5) is 0 Å². The smallest absolute Gasteiger partial charge is 0.346 e. The summed E-state index contributed by atoms with van der Waals surface area (Å²) in [5.74, 6) is -2.87. The van der Waals surface area contributed by atoms with Crippen LogP contribution in [0.2, 0.25) is 0 Å². The van der Waals surface area contributed by atoms with Gasteiger partial charge in [-0.25, -0.2) is 14.4 Å². The monoisotopic (exact) mass is 425 g/mol. The number of fused-ring (bicyclic) bond motifs is 1. The number of guanidine groups is 2. The fourth-order valence-corrected chi connectivity index (χ4v) is 5.02. The second-order valence-corrected chi connectivity index (χ2v) is 8.15. The Morgan fingerprint density at radius 2 is 2.00 bits per heavy atom. The highest BCUT2D eigenvalue weighted by molar-refractivity contribution is 6.04. The van der Waals surface area contributed by atoms with Crippen LogP contribution in [0.25, 0.3) is 10.8 Å². The van der Waals surface area contributed by atoms with E-state index in [1.165, 1.54) is 4.58 Å². The van der Waals surface area contributed by atoms with Crippen LogP contribution in [0, 0.1) is 0 Å². The quantitative estimate of drug-likeness (QED) is 0.202. The van der Waals surface area contributed by atoms with E-state index in [9.17, 15) is 15.0 Å². The largest absolute Gasteiger partial charge is 0.449 e. The molecule has 3 heterocycles. The minimum absolute atomic E-state index is 0.0505. The molecule has 3 aliphatic heterocycles. The van der Waals surface area contributed by atoms with Gasteiger partial charge in [-0.1, -0.05) is 43.3 Å². The van der Waals surface area contributed by atoms with Gasteiger partial charge in [-0.3, -0.25) is 11.1 Å². The van der Waals surface area contributed by atoms with Crippen LogP contribution in [0.1, 0.15) is 23.7 Å². The number of rotatable bonds is 3. The van der Waals surface area contributed by atoms with Crippen molar-refractivity contribution >= 4 is 28.7 Å². The second kappa shape index (κ2) is 6.56. The Labute approximate surface area is 178 Å². The lowest BCUT2D eigenvalue weighted by atomic mass is 9.85. The number of nitrogens with zero attached hydrogens (tertiary/aromatic N) is 2. The first-order valence-electron chi connectivity index (χ1n) is 10.2. The molecule has 3 aliphatic rings. The lowest BCUT2D eigenvalue weighted by Crippen LogP contribution is -2.78. The molecule has 10 nitrogen and oxygen atoms in total. The van der Waals surface area contributed by atoms with Gasteiger partial charge in [-0.05, 0) is 23.3 Å². The average Bonchev–Trinajstić information content (AvgIpc) is 3.22. The van der Waals surface area contributed by atoms with Crippen molar-refractivity contribution in [3.8, 4) is 0 Å². The second-order valence-electron chi connectivity index (χ2n) is 8.15. The summed E-state index contributed by atoms with van der Waals surface area (Å²) in [6.07, 6.45) is -0.679. The first kappa shape index (κ1) is 19.6. The molecule has 0 aromatic heterocycles. The van der Waals surface area contributed by atoms with Gasteiger partial charge in [-0.15, -0.1) is 0 Å². The van der Waals surface area contributed by atoms with Crippen LogP contribution in [-0.2, 0) is 4.74 Å². The van der Waals surface area contributed by atoms with Gasteiger partial charge in [0.1, 0.15) is 18.6 Å². The van der Waals surface area contributed by atoms with Gasteiger partial charge < -0.3 is 26.0 Å². The third-order valence-electron chi connectivity index (χ3n) is 6.51. The Kier molecular flexibility index (Phi) is 4.15. The molecule has 0 saturated carbocycles. The average molecular weight is 425 g/mol. The van der Waals surface area contributed by atoms with Crippen molar-refractivity contribution in [3.63, 3.8) is 0 Å². The Morgan fingerprint density at radius 1 is 1.26 bits per heavy atom. The molecule has 5 rings (SSSR count). The van der Waals surface area contributed by atoms with Crippen molar-refractivity contribution in [2.24, 2.45) is 16.5 Å². The molecule has 162 valence electrons. The molecule has 8 N–H and O–H groups in total. The van der Waals surface area contributed by atoms with E-state index in [0.717, 1.165) is 5.39 Å². The Morgan fingerprint density at radius 3 is 2.77 bits per heavy atom. The molecule has 0 unspecified atom stereocenters. The number of aliphatic imine (C=N–C) groups is 1. The third-order valence-corrected chi connectivity index (χ3v) is 6.51. The first-order chi connectivity index (χ1) is 14.8. The van der Waals surface area contributed by atoms with E-state index in [0.29, 0.717) is 17.4 Å². The summed E-state index contributed by atoms with van der Waals surface area (Å²) in [5, 5.41) is 30.3. The standard InChI is InChI=1S/C21H24N6O4/c1-2-14-16-20(26-18(22)25-16)21(29,30)15(10-27(20)19(23)24-14)31-17(28)13-9-5-7-11-6-3-4-8-12(11)13/h3-9,14-16,29-30H,2,10H2,1H3,(H5,22,23,24,25,26)/p+1/t14-,15-,16-,20-/m0/s1. The Hall–Kier alpha value is -3.37. The van der Waals surface area contributed by atoms with E-state index in [4.69, 9.17) is 16.2 Å². The SMILES string of the molecule is CC[C@@H]1NC(N)=[N+]2C[C@H](OC(=O)c3cccc4ccccc34)C(O)(O)[C@@]23NC(N)=N[C@@H]13. The summed E-state index contributed by atoms with van der Waals surface area (Å²) in [6.45, 7) is 1.88. The fraction of sp³-hybridized carbons (Fsp3) is 0.381. The summed E-state index contributed by atoms with van der Waals surface area (Å²) in [7, 11) is 0. The van der Waals surface area contributed by atoms with Crippen LogP contribution in [0.15, 0.2) is 47.5 Å². The number of benzene rings is 2. The normalized spacial score (nSPS) is 30.8. The van der Waals surface area contributed by atoms with Crippen LogP contribution in [0.5, 0.6) is 0 Å². The van der Waals surface area contributed by atoms with Gasteiger partial charge in [0.25, 0.3) is 5.79 Å². The van der Waals surface area contributed by atoms with E-state index in [2.05, 4.69) is 15.6 Å². The number of nitrogens with one attached hydrogen (secondary N) is 2. The lowest BCUT2D eigenvalue weighted by Gasteiger charge is -2.43. The molecule has 31 heavy (non-hydrogen) atoms. The maximum atomic E-state index is 13.1.